The van der Waals surface area contributed by atoms with Crippen molar-refractivity contribution >= 4 is 21.5 Å². The van der Waals surface area contributed by atoms with Gasteiger partial charge in [0.15, 0.2) is 0 Å². The number of benzene rings is 7. The summed E-state index contributed by atoms with van der Waals surface area (Å²) in [5.74, 6) is 0.439. The van der Waals surface area contributed by atoms with Crippen molar-refractivity contribution < 1.29 is 0 Å². The van der Waals surface area contributed by atoms with Crippen LogP contribution in [-0.4, -0.2) is 0 Å². The summed E-state index contributed by atoms with van der Waals surface area (Å²) in [4.78, 5) is 0. The number of rotatable bonds is 4. The molecule has 0 saturated heterocycles. The van der Waals surface area contributed by atoms with E-state index in [1.165, 1.54) is 82.7 Å². The molecule has 0 aliphatic heterocycles. The Morgan fingerprint density at radius 3 is 1.52 bits per heavy atom. The van der Waals surface area contributed by atoms with Crippen LogP contribution in [0.4, 0.5) is 0 Å². The zero-order valence-electron chi connectivity index (χ0n) is 25.9. The smallest absolute Gasteiger partial charge is 0.0159 e. The van der Waals surface area contributed by atoms with Crippen LogP contribution in [0.25, 0.3) is 66.1 Å². The second kappa shape index (κ2) is 10.1. The van der Waals surface area contributed by atoms with Crippen LogP contribution in [-0.2, 0) is 5.41 Å². The molecule has 1 aliphatic carbocycles. The predicted molar refractivity (Wildman–Crippen MR) is 189 cm³/mol. The molecule has 0 atom stereocenters. The van der Waals surface area contributed by atoms with Gasteiger partial charge in [0.1, 0.15) is 0 Å². The van der Waals surface area contributed by atoms with E-state index >= 15 is 0 Å². The number of hydrogen-bond acceptors (Lipinski definition) is 0. The lowest BCUT2D eigenvalue weighted by Crippen LogP contribution is -2.14. The highest BCUT2D eigenvalue weighted by Gasteiger charge is 2.35. The lowest BCUT2D eigenvalue weighted by Gasteiger charge is -2.22. The predicted octanol–water partition coefficient (Wildman–Crippen LogP) is 12.4. The van der Waals surface area contributed by atoms with Gasteiger partial charge in [0.2, 0.25) is 0 Å². The zero-order chi connectivity index (χ0) is 30.0. The van der Waals surface area contributed by atoms with Gasteiger partial charge in [-0.15, -0.1) is 0 Å². The van der Waals surface area contributed by atoms with Crippen LogP contribution in [0.2, 0.25) is 0 Å². The minimum Gasteiger partial charge on any atom is -0.0619 e. The summed E-state index contributed by atoms with van der Waals surface area (Å²) in [5, 5.41) is 5.08. The molecule has 0 aromatic heterocycles. The highest BCUT2D eigenvalue weighted by Crippen LogP contribution is 2.49. The third-order valence-corrected chi connectivity index (χ3v) is 9.80. The first-order chi connectivity index (χ1) is 21.3. The van der Waals surface area contributed by atoms with Gasteiger partial charge in [-0.3, -0.25) is 0 Å². The van der Waals surface area contributed by atoms with E-state index < -0.39 is 0 Å². The molecule has 0 N–H and O–H groups in total. The number of fused-ring (bicyclic) bond motifs is 5. The summed E-state index contributed by atoms with van der Waals surface area (Å²) in [6, 6.07) is 52.2. The fraction of sp³-hybridized carbons (Fsp3) is 0.136. The molecule has 7 aromatic rings. The van der Waals surface area contributed by atoms with Crippen molar-refractivity contribution in [3.8, 4) is 44.5 Å². The second-order valence-corrected chi connectivity index (χ2v) is 13.3. The lowest BCUT2D eigenvalue weighted by atomic mass is 9.81. The molecule has 44 heavy (non-hydrogen) atoms. The highest BCUT2D eigenvalue weighted by atomic mass is 14.4. The topological polar surface area (TPSA) is 0 Å². The van der Waals surface area contributed by atoms with E-state index in [-0.39, 0.29) is 5.41 Å². The van der Waals surface area contributed by atoms with Crippen LogP contribution in [0.1, 0.15) is 50.3 Å². The molecule has 8 rings (SSSR count). The maximum absolute atomic E-state index is 2.44. The number of hydrogen-bond donors (Lipinski definition) is 0. The Bertz CT molecular complexity index is 2230. The molecule has 0 radical (unpaired) electrons. The van der Waals surface area contributed by atoms with Gasteiger partial charge in [-0.1, -0.05) is 137 Å². The van der Waals surface area contributed by atoms with Crippen LogP contribution in [0.15, 0.2) is 140 Å². The molecule has 7 aromatic carbocycles. The normalized spacial score (nSPS) is 13.4. The quantitative estimate of drug-likeness (QED) is 0.199. The maximum Gasteiger partial charge on any atom is 0.0159 e. The Balaban J connectivity index is 1.19. The Kier molecular flexibility index (Phi) is 6.10. The van der Waals surface area contributed by atoms with Crippen LogP contribution in [0, 0.1) is 0 Å². The van der Waals surface area contributed by atoms with Crippen molar-refractivity contribution in [2.24, 2.45) is 0 Å². The van der Waals surface area contributed by atoms with Gasteiger partial charge in [-0.05, 0) is 119 Å². The minimum atomic E-state index is -0.00945. The Morgan fingerprint density at radius 2 is 0.864 bits per heavy atom. The minimum absolute atomic E-state index is 0.00945. The van der Waals surface area contributed by atoms with Crippen LogP contribution in [0.5, 0.6) is 0 Å². The van der Waals surface area contributed by atoms with E-state index in [4.69, 9.17) is 0 Å². The van der Waals surface area contributed by atoms with Crippen LogP contribution >= 0.6 is 0 Å². The Morgan fingerprint density at radius 1 is 0.386 bits per heavy atom. The van der Waals surface area contributed by atoms with E-state index in [0.717, 1.165) is 0 Å². The molecule has 1 aliphatic rings. The molecule has 0 nitrogen and oxygen atoms in total. The fourth-order valence-electron chi connectivity index (χ4n) is 7.18. The highest BCUT2D eigenvalue weighted by molar-refractivity contribution is 5.93. The van der Waals surface area contributed by atoms with Crippen molar-refractivity contribution in [1.29, 1.82) is 0 Å². The van der Waals surface area contributed by atoms with Gasteiger partial charge in [0.25, 0.3) is 0 Å². The molecule has 0 heteroatoms. The average Bonchev–Trinajstić information content (AvgIpc) is 3.29. The van der Waals surface area contributed by atoms with E-state index in [0.29, 0.717) is 5.92 Å². The Hall–Kier alpha value is -4.94. The molecule has 212 valence electrons. The molecule has 0 fully saturated rings. The van der Waals surface area contributed by atoms with Crippen molar-refractivity contribution in [1.82, 2.24) is 0 Å². The first-order valence-corrected chi connectivity index (χ1v) is 15.8. The Labute approximate surface area is 260 Å². The summed E-state index contributed by atoms with van der Waals surface area (Å²) >= 11 is 0. The third-order valence-electron chi connectivity index (χ3n) is 9.80. The van der Waals surface area contributed by atoms with Crippen molar-refractivity contribution in [3.05, 3.63) is 156 Å². The molecule has 0 spiro atoms. The van der Waals surface area contributed by atoms with Crippen LogP contribution in [0.3, 0.4) is 0 Å². The molecule has 0 bridgehead atoms. The average molecular weight is 565 g/mol. The van der Waals surface area contributed by atoms with Gasteiger partial charge in [-0.2, -0.15) is 0 Å². The molecule has 0 saturated carbocycles. The van der Waals surface area contributed by atoms with Gasteiger partial charge < -0.3 is 0 Å². The molecule has 0 heterocycles. The van der Waals surface area contributed by atoms with Crippen molar-refractivity contribution in [2.75, 3.05) is 0 Å². The lowest BCUT2D eigenvalue weighted by molar-refractivity contribution is 0.660. The standard InChI is InChI=1S/C44H36/c1-28(2)37-24-38(26-39(25-37)36-19-20-41-40-11-7-8-12-42(40)44(3,4)43(41)27-36)35-18-17-33-22-32(15-16-34(33)23-35)31-14-13-29-9-5-6-10-30(29)21-31/h5-28H,1-4H3. The van der Waals surface area contributed by atoms with Gasteiger partial charge >= 0.3 is 0 Å². The van der Waals surface area contributed by atoms with E-state index in [1.807, 2.05) is 0 Å². The van der Waals surface area contributed by atoms with Crippen molar-refractivity contribution in [3.63, 3.8) is 0 Å². The third kappa shape index (κ3) is 4.37. The SMILES string of the molecule is CC(C)c1cc(-c2ccc3c(c2)C(C)(C)c2ccccc2-3)cc(-c2ccc3cc(-c4ccc5ccccc5c4)ccc3c2)c1. The first kappa shape index (κ1) is 26.7. The largest absolute Gasteiger partial charge is 0.0619 e. The second-order valence-electron chi connectivity index (χ2n) is 13.3. The monoisotopic (exact) mass is 564 g/mol. The summed E-state index contributed by atoms with van der Waals surface area (Å²) in [6.07, 6.45) is 0. The van der Waals surface area contributed by atoms with Gasteiger partial charge in [0.05, 0.1) is 0 Å². The van der Waals surface area contributed by atoms with Gasteiger partial charge in [-0.25, -0.2) is 0 Å². The molecule has 0 unspecified atom stereocenters. The van der Waals surface area contributed by atoms with Crippen LogP contribution < -0.4 is 0 Å². The molecule has 0 amide bonds. The fourth-order valence-corrected chi connectivity index (χ4v) is 7.18. The van der Waals surface area contributed by atoms with Crippen molar-refractivity contribution in [2.45, 2.75) is 39.0 Å². The maximum atomic E-state index is 2.44. The molecular formula is C44H36. The summed E-state index contributed by atoms with van der Waals surface area (Å²) in [6.45, 7) is 9.30. The van der Waals surface area contributed by atoms with E-state index in [2.05, 4.69) is 167 Å². The molecular weight excluding hydrogens is 528 g/mol. The van der Waals surface area contributed by atoms with Gasteiger partial charge in [0, 0.05) is 5.41 Å². The summed E-state index contributed by atoms with van der Waals surface area (Å²) < 4.78 is 0. The summed E-state index contributed by atoms with van der Waals surface area (Å²) in [7, 11) is 0. The zero-order valence-corrected chi connectivity index (χ0v) is 25.9. The van der Waals surface area contributed by atoms with E-state index in [1.54, 1.807) is 0 Å². The summed E-state index contributed by atoms with van der Waals surface area (Å²) in [5.41, 5.74) is 14.5. The van der Waals surface area contributed by atoms with E-state index in [9.17, 15) is 0 Å². The first-order valence-electron chi connectivity index (χ1n) is 15.8.